The minimum atomic E-state index is -0.102. The first-order valence-electron chi connectivity index (χ1n) is 11.9. The van der Waals surface area contributed by atoms with Gasteiger partial charge in [-0.25, -0.2) is 0 Å². The Morgan fingerprint density at radius 3 is 2.43 bits per heavy atom. The lowest BCUT2D eigenvalue weighted by atomic mass is 9.82. The predicted octanol–water partition coefficient (Wildman–Crippen LogP) is 7.04. The van der Waals surface area contributed by atoms with Gasteiger partial charge in [0, 0.05) is 28.6 Å². The van der Waals surface area contributed by atoms with E-state index in [-0.39, 0.29) is 11.3 Å². The number of hydrogen-bond donors (Lipinski definition) is 0. The lowest BCUT2D eigenvalue weighted by Crippen LogP contribution is -2.15. The highest BCUT2D eigenvalue weighted by Crippen LogP contribution is 2.50. The number of benzene rings is 4. The molecule has 0 fully saturated rings. The minimum absolute atomic E-state index is 0.0784. The summed E-state index contributed by atoms with van der Waals surface area (Å²) in [5.74, 6) is -0.0784. The van der Waals surface area contributed by atoms with Crippen molar-refractivity contribution < 1.29 is 4.79 Å². The molecule has 2 heterocycles. The summed E-state index contributed by atoms with van der Waals surface area (Å²) in [6, 6.07) is 25.2. The van der Waals surface area contributed by atoms with Gasteiger partial charge in [0.2, 0.25) is 0 Å². The summed E-state index contributed by atoms with van der Waals surface area (Å²) in [5.41, 5.74) is 9.63. The SMILES string of the molecule is Cc1ccc2nccnc2c1C(=O)n1c2ccccc2c2cc3c(cc21)-c1ccccc1C3(C)C. The van der Waals surface area contributed by atoms with E-state index in [9.17, 15) is 4.79 Å². The molecule has 0 radical (unpaired) electrons. The van der Waals surface area contributed by atoms with Gasteiger partial charge in [-0.3, -0.25) is 19.3 Å². The van der Waals surface area contributed by atoms with Gasteiger partial charge in [0.1, 0.15) is 5.52 Å². The van der Waals surface area contributed by atoms with Crippen molar-refractivity contribution in [3.63, 3.8) is 0 Å². The smallest absolute Gasteiger partial charge is 0.265 e. The molecule has 0 atom stereocenters. The zero-order valence-electron chi connectivity index (χ0n) is 19.8. The molecule has 0 bridgehead atoms. The monoisotopic (exact) mass is 453 g/mol. The van der Waals surface area contributed by atoms with Gasteiger partial charge < -0.3 is 0 Å². The van der Waals surface area contributed by atoms with Gasteiger partial charge in [0.15, 0.2) is 0 Å². The van der Waals surface area contributed by atoms with Crippen LogP contribution in [0.1, 0.15) is 40.9 Å². The number of rotatable bonds is 1. The van der Waals surface area contributed by atoms with Crippen LogP contribution in [0.25, 0.3) is 44.0 Å². The van der Waals surface area contributed by atoms with Crippen molar-refractivity contribution in [2.45, 2.75) is 26.2 Å². The molecule has 0 saturated carbocycles. The fourth-order valence-corrected chi connectivity index (χ4v) is 5.90. The van der Waals surface area contributed by atoms with Gasteiger partial charge in [-0.15, -0.1) is 0 Å². The zero-order chi connectivity index (χ0) is 23.9. The van der Waals surface area contributed by atoms with Gasteiger partial charge in [-0.2, -0.15) is 0 Å². The van der Waals surface area contributed by atoms with Crippen LogP contribution in [0.5, 0.6) is 0 Å². The summed E-state index contributed by atoms with van der Waals surface area (Å²) in [4.78, 5) is 23.3. The topological polar surface area (TPSA) is 47.8 Å². The van der Waals surface area contributed by atoms with E-state index in [4.69, 9.17) is 0 Å². The van der Waals surface area contributed by atoms with E-state index in [1.54, 1.807) is 12.4 Å². The van der Waals surface area contributed by atoms with E-state index in [0.717, 1.165) is 32.9 Å². The quantitative estimate of drug-likeness (QED) is 0.268. The normalized spacial score (nSPS) is 13.9. The molecule has 0 N–H and O–H groups in total. The molecule has 35 heavy (non-hydrogen) atoms. The van der Waals surface area contributed by atoms with Crippen LogP contribution in [0.2, 0.25) is 0 Å². The van der Waals surface area contributed by atoms with Crippen molar-refractivity contribution >= 4 is 38.7 Å². The third kappa shape index (κ3) is 2.59. The van der Waals surface area contributed by atoms with Crippen molar-refractivity contribution in [3.8, 4) is 11.1 Å². The van der Waals surface area contributed by atoms with Crippen LogP contribution in [-0.4, -0.2) is 20.4 Å². The summed E-state index contributed by atoms with van der Waals surface area (Å²) < 4.78 is 1.87. The molecule has 168 valence electrons. The predicted molar refractivity (Wildman–Crippen MR) is 141 cm³/mol. The molecule has 4 heteroatoms. The molecule has 0 unspecified atom stereocenters. The van der Waals surface area contributed by atoms with Crippen molar-refractivity contribution in [1.82, 2.24) is 14.5 Å². The number of fused-ring (bicyclic) bond motifs is 7. The molecule has 4 aromatic carbocycles. The Kier molecular flexibility index (Phi) is 3.94. The highest BCUT2D eigenvalue weighted by molar-refractivity contribution is 6.19. The molecule has 0 amide bonds. The number of carbonyl (C=O) groups is 1. The standard InChI is InChI=1S/C31H23N3O/c1-18-12-13-25-29(33-15-14-32-25)28(18)30(35)34-26-11-7-5-9-20(26)22-16-24-21(17-27(22)34)19-8-4-6-10-23(19)31(24,2)3/h4-17H,1-3H3. The Morgan fingerprint density at radius 1 is 0.771 bits per heavy atom. The van der Waals surface area contributed by atoms with E-state index in [1.165, 1.54) is 22.3 Å². The van der Waals surface area contributed by atoms with Crippen LogP contribution in [0, 0.1) is 6.92 Å². The number of aryl methyl sites for hydroxylation is 1. The third-order valence-corrected chi connectivity index (χ3v) is 7.64. The number of para-hydroxylation sites is 1. The van der Waals surface area contributed by atoms with Gasteiger partial charge in [0.25, 0.3) is 5.91 Å². The average Bonchev–Trinajstić information content (AvgIpc) is 3.32. The first-order valence-corrected chi connectivity index (χ1v) is 11.9. The van der Waals surface area contributed by atoms with Crippen LogP contribution in [0.15, 0.2) is 85.2 Å². The molecule has 2 aromatic heterocycles. The van der Waals surface area contributed by atoms with Gasteiger partial charge in [-0.05, 0) is 59.0 Å². The van der Waals surface area contributed by atoms with Crippen LogP contribution in [0.3, 0.4) is 0 Å². The summed E-state index contributed by atoms with van der Waals surface area (Å²) >= 11 is 0. The molecular weight excluding hydrogens is 430 g/mol. The Morgan fingerprint density at radius 2 is 1.54 bits per heavy atom. The molecular formula is C31H23N3O. The molecule has 0 saturated heterocycles. The lowest BCUT2D eigenvalue weighted by molar-refractivity contribution is 0.0970. The first-order chi connectivity index (χ1) is 17.0. The van der Waals surface area contributed by atoms with E-state index < -0.39 is 0 Å². The Bertz CT molecular complexity index is 1860. The number of hydrogen-bond acceptors (Lipinski definition) is 3. The number of aromatic nitrogens is 3. The van der Waals surface area contributed by atoms with Crippen molar-refractivity contribution in [3.05, 3.63) is 107 Å². The highest BCUT2D eigenvalue weighted by Gasteiger charge is 2.36. The Labute approximate surface area is 202 Å². The molecule has 0 aliphatic heterocycles. The fourth-order valence-electron chi connectivity index (χ4n) is 5.90. The first kappa shape index (κ1) is 20.1. The van der Waals surface area contributed by atoms with Crippen LogP contribution < -0.4 is 0 Å². The van der Waals surface area contributed by atoms with Crippen molar-refractivity contribution in [1.29, 1.82) is 0 Å². The van der Waals surface area contributed by atoms with Gasteiger partial charge in [0.05, 0.1) is 22.1 Å². The molecule has 7 rings (SSSR count). The zero-order valence-corrected chi connectivity index (χ0v) is 19.8. The molecule has 0 spiro atoms. The fraction of sp³-hybridized carbons (Fsp3) is 0.129. The Hall–Kier alpha value is -4.31. The summed E-state index contributed by atoms with van der Waals surface area (Å²) in [6.07, 6.45) is 3.31. The van der Waals surface area contributed by atoms with Crippen LogP contribution in [-0.2, 0) is 5.41 Å². The van der Waals surface area contributed by atoms with E-state index in [1.807, 2.05) is 41.8 Å². The summed E-state index contributed by atoms with van der Waals surface area (Å²) in [5, 5.41) is 2.17. The molecule has 4 nitrogen and oxygen atoms in total. The highest BCUT2D eigenvalue weighted by atomic mass is 16.2. The maximum atomic E-state index is 14.3. The van der Waals surface area contributed by atoms with E-state index in [0.29, 0.717) is 11.1 Å². The van der Waals surface area contributed by atoms with Crippen molar-refractivity contribution in [2.75, 3.05) is 0 Å². The minimum Gasteiger partial charge on any atom is -0.276 e. The molecule has 1 aliphatic rings. The molecule has 6 aromatic rings. The van der Waals surface area contributed by atoms with Gasteiger partial charge in [-0.1, -0.05) is 62.4 Å². The van der Waals surface area contributed by atoms with E-state index >= 15 is 0 Å². The maximum absolute atomic E-state index is 14.3. The summed E-state index contributed by atoms with van der Waals surface area (Å²) in [7, 11) is 0. The lowest BCUT2D eigenvalue weighted by Gasteiger charge is -2.21. The van der Waals surface area contributed by atoms with Crippen LogP contribution in [0.4, 0.5) is 0 Å². The van der Waals surface area contributed by atoms with Crippen LogP contribution >= 0.6 is 0 Å². The second kappa shape index (κ2) is 6.86. The number of carbonyl (C=O) groups excluding carboxylic acids is 1. The Balaban J connectivity index is 1.59. The average molecular weight is 454 g/mol. The van der Waals surface area contributed by atoms with E-state index in [2.05, 4.69) is 66.3 Å². The number of nitrogens with zero attached hydrogens (tertiary/aromatic N) is 3. The maximum Gasteiger partial charge on any atom is 0.265 e. The van der Waals surface area contributed by atoms with Gasteiger partial charge >= 0.3 is 0 Å². The summed E-state index contributed by atoms with van der Waals surface area (Å²) in [6.45, 7) is 6.53. The molecule has 1 aliphatic carbocycles. The largest absolute Gasteiger partial charge is 0.276 e. The second-order valence-corrected chi connectivity index (χ2v) is 9.92. The second-order valence-electron chi connectivity index (χ2n) is 9.92. The third-order valence-electron chi connectivity index (χ3n) is 7.64. The van der Waals surface area contributed by atoms with Crippen molar-refractivity contribution in [2.24, 2.45) is 0 Å².